The summed E-state index contributed by atoms with van der Waals surface area (Å²) in [6.07, 6.45) is 3.88. The van der Waals surface area contributed by atoms with Crippen LogP contribution in [0.15, 0.2) is 66.9 Å². The third-order valence-electron chi connectivity index (χ3n) is 5.44. The summed E-state index contributed by atoms with van der Waals surface area (Å²) in [7, 11) is 0. The Kier molecular flexibility index (Phi) is 5.43. The van der Waals surface area contributed by atoms with Crippen molar-refractivity contribution >= 4 is 22.5 Å². The summed E-state index contributed by atoms with van der Waals surface area (Å²) in [5, 5.41) is 4.25. The minimum Gasteiger partial charge on any atom is -0.353 e. The van der Waals surface area contributed by atoms with E-state index >= 15 is 0 Å². The molecule has 0 aliphatic carbocycles. The summed E-state index contributed by atoms with van der Waals surface area (Å²) in [6, 6.07) is 20.2. The average molecular weight is 383 g/mol. The molecule has 29 heavy (non-hydrogen) atoms. The van der Waals surface area contributed by atoms with E-state index in [9.17, 15) is 4.79 Å². The largest absolute Gasteiger partial charge is 0.353 e. The second kappa shape index (κ2) is 8.31. The van der Waals surface area contributed by atoms with Crippen molar-refractivity contribution in [3.8, 4) is 11.4 Å². The van der Waals surface area contributed by atoms with Gasteiger partial charge < -0.3 is 10.3 Å². The van der Waals surface area contributed by atoms with E-state index in [0.29, 0.717) is 6.42 Å². The number of aryl methyl sites for hydroxylation is 2. The smallest absolute Gasteiger partial charge is 0.224 e. The minimum atomic E-state index is 0.0536. The molecule has 2 aromatic heterocycles. The number of fused-ring (bicyclic) bond motifs is 1. The molecule has 2 aromatic carbocycles. The van der Waals surface area contributed by atoms with Crippen LogP contribution in [0.1, 0.15) is 29.5 Å². The second-order valence-electron chi connectivity index (χ2n) is 7.39. The van der Waals surface area contributed by atoms with Gasteiger partial charge in [-0.2, -0.15) is 0 Å². The number of amides is 1. The Labute approximate surface area is 171 Å². The number of para-hydroxylation sites is 1. The summed E-state index contributed by atoms with van der Waals surface area (Å²) in [4.78, 5) is 20.5. The Balaban J connectivity index is 1.50. The van der Waals surface area contributed by atoms with Crippen LogP contribution in [-0.4, -0.2) is 15.9 Å². The fourth-order valence-corrected chi connectivity index (χ4v) is 3.71. The van der Waals surface area contributed by atoms with Crippen molar-refractivity contribution in [2.45, 2.75) is 33.1 Å². The summed E-state index contributed by atoms with van der Waals surface area (Å²) < 4.78 is 0. The van der Waals surface area contributed by atoms with Gasteiger partial charge in [-0.15, -0.1) is 0 Å². The molecule has 0 atom stereocenters. The summed E-state index contributed by atoms with van der Waals surface area (Å²) in [6.45, 7) is 4.09. The molecule has 0 fully saturated rings. The van der Waals surface area contributed by atoms with Crippen LogP contribution in [0.4, 0.5) is 5.69 Å². The van der Waals surface area contributed by atoms with E-state index in [0.717, 1.165) is 41.0 Å². The molecule has 146 valence electrons. The molecule has 0 aliphatic rings. The lowest BCUT2D eigenvalue weighted by Crippen LogP contribution is -2.12. The van der Waals surface area contributed by atoms with Gasteiger partial charge in [0.1, 0.15) is 0 Å². The molecule has 0 aliphatic heterocycles. The van der Waals surface area contributed by atoms with E-state index in [1.54, 1.807) is 0 Å². The van der Waals surface area contributed by atoms with E-state index in [1.807, 2.05) is 49.5 Å². The molecular weight excluding hydrogens is 358 g/mol. The van der Waals surface area contributed by atoms with Gasteiger partial charge in [-0.1, -0.05) is 36.4 Å². The van der Waals surface area contributed by atoms with Gasteiger partial charge in [0.2, 0.25) is 5.91 Å². The lowest BCUT2D eigenvalue weighted by molar-refractivity contribution is -0.116. The molecule has 0 bridgehead atoms. The molecule has 0 radical (unpaired) electrons. The van der Waals surface area contributed by atoms with Crippen LogP contribution in [0.3, 0.4) is 0 Å². The first-order valence-electron chi connectivity index (χ1n) is 10.0. The predicted octanol–water partition coefficient (Wildman–Crippen LogP) is 5.81. The Hall–Kier alpha value is -3.40. The summed E-state index contributed by atoms with van der Waals surface area (Å²) >= 11 is 0. The maximum absolute atomic E-state index is 12.5. The molecule has 4 nitrogen and oxygen atoms in total. The highest BCUT2D eigenvalue weighted by Crippen LogP contribution is 2.30. The van der Waals surface area contributed by atoms with E-state index in [-0.39, 0.29) is 5.91 Å². The Morgan fingerprint density at radius 3 is 2.66 bits per heavy atom. The standard InChI is InChI=1S/C25H25N3O/c1-17-9-7-14-21(18(17)2)27-24(29)15-8-11-20-19-10-3-4-12-22(19)28-25(20)23-13-5-6-16-26-23/h3-7,9-10,12-14,16,28H,8,11,15H2,1-2H3,(H,27,29). The van der Waals surface area contributed by atoms with Gasteiger partial charge in [0.05, 0.1) is 11.4 Å². The van der Waals surface area contributed by atoms with Crippen molar-refractivity contribution in [3.05, 3.63) is 83.6 Å². The van der Waals surface area contributed by atoms with Crippen LogP contribution in [0.2, 0.25) is 0 Å². The number of carbonyl (C=O) groups is 1. The first-order chi connectivity index (χ1) is 14.1. The SMILES string of the molecule is Cc1cccc(NC(=O)CCCc2c(-c3ccccn3)[nH]c3ccccc23)c1C. The zero-order valence-electron chi connectivity index (χ0n) is 16.8. The lowest BCUT2D eigenvalue weighted by atomic mass is 10.0. The van der Waals surface area contributed by atoms with E-state index in [1.165, 1.54) is 16.5 Å². The van der Waals surface area contributed by atoms with Gasteiger partial charge in [0.15, 0.2) is 0 Å². The van der Waals surface area contributed by atoms with Gasteiger partial charge in [-0.25, -0.2) is 0 Å². The molecule has 0 saturated carbocycles. The van der Waals surface area contributed by atoms with Crippen molar-refractivity contribution in [1.29, 1.82) is 0 Å². The Morgan fingerprint density at radius 2 is 1.83 bits per heavy atom. The Bertz CT molecular complexity index is 1150. The number of hydrogen-bond acceptors (Lipinski definition) is 2. The number of carbonyl (C=O) groups excluding carboxylic acids is 1. The second-order valence-corrected chi connectivity index (χ2v) is 7.39. The molecule has 4 heteroatoms. The fraction of sp³-hybridized carbons (Fsp3) is 0.200. The molecule has 2 heterocycles. The molecule has 0 unspecified atom stereocenters. The third-order valence-corrected chi connectivity index (χ3v) is 5.44. The number of H-pyrrole nitrogens is 1. The summed E-state index contributed by atoms with van der Waals surface area (Å²) in [5.74, 6) is 0.0536. The molecule has 4 rings (SSSR count). The highest BCUT2D eigenvalue weighted by atomic mass is 16.1. The Morgan fingerprint density at radius 1 is 1.00 bits per heavy atom. The highest BCUT2D eigenvalue weighted by molar-refractivity contribution is 5.92. The van der Waals surface area contributed by atoms with Crippen LogP contribution in [0.5, 0.6) is 0 Å². The number of aromatic amines is 1. The zero-order chi connectivity index (χ0) is 20.2. The molecule has 0 saturated heterocycles. The van der Waals surface area contributed by atoms with Crippen LogP contribution < -0.4 is 5.32 Å². The maximum Gasteiger partial charge on any atom is 0.224 e. The van der Waals surface area contributed by atoms with Crippen LogP contribution >= 0.6 is 0 Å². The van der Waals surface area contributed by atoms with Crippen molar-refractivity contribution in [2.24, 2.45) is 0 Å². The number of aromatic nitrogens is 2. The van der Waals surface area contributed by atoms with Gasteiger partial charge in [-0.05, 0) is 67.6 Å². The first-order valence-corrected chi connectivity index (χ1v) is 10.0. The number of benzene rings is 2. The number of nitrogens with zero attached hydrogens (tertiary/aromatic N) is 1. The van der Waals surface area contributed by atoms with E-state index in [2.05, 4.69) is 46.5 Å². The average Bonchev–Trinajstić information content (AvgIpc) is 3.11. The van der Waals surface area contributed by atoms with E-state index < -0.39 is 0 Å². The van der Waals surface area contributed by atoms with Crippen molar-refractivity contribution in [2.75, 3.05) is 5.32 Å². The molecule has 4 aromatic rings. The zero-order valence-corrected chi connectivity index (χ0v) is 16.8. The number of pyridine rings is 1. The van der Waals surface area contributed by atoms with Crippen LogP contribution in [-0.2, 0) is 11.2 Å². The van der Waals surface area contributed by atoms with Gasteiger partial charge in [0.25, 0.3) is 0 Å². The lowest BCUT2D eigenvalue weighted by Gasteiger charge is -2.10. The topological polar surface area (TPSA) is 57.8 Å². The number of hydrogen-bond donors (Lipinski definition) is 2. The molecule has 1 amide bonds. The van der Waals surface area contributed by atoms with Crippen LogP contribution in [0.25, 0.3) is 22.3 Å². The van der Waals surface area contributed by atoms with Gasteiger partial charge in [0, 0.05) is 29.2 Å². The van der Waals surface area contributed by atoms with Crippen molar-refractivity contribution in [3.63, 3.8) is 0 Å². The summed E-state index contributed by atoms with van der Waals surface area (Å²) in [5.41, 5.74) is 7.50. The normalized spacial score (nSPS) is 11.0. The quantitative estimate of drug-likeness (QED) is 0.441. The van der Waals surface area contributed by atoms with Gasteiger partial charge >= 0.3 is 0 Å². The van der Waals surface area contributed by atoms with E-state index in [4.69, 9.17) is 0 Å². The molecular formula is C25H25N3O. The highest BCUT2D eigenvalue weighted by Gasteiger charge is 2.14. The number of rotatable bonds is 6. The number of anilines is 1. The monoisotopic (exact) mass is 383 g/mol. The van der Waals surface area contributed by atoms with Crippen LogP contribution in [0, 0.1) is 13.8 Å². The number of nitrogens with one attached hydrogen (secondary N) is 2. The predicted molar refractivity (Wildman–Crippen MR) is 119 cm³/mol. The van der Waals surface area contributed by atoms with Gasteiger partial charge in [-0.3, -0.25) is 9.78 Å². The first kappa shape index (κ1) is 18.9. The molecule has 2 N–H and O–H groups in total. The van der Waals surface area contributed by atoms with Crippen molar-refractivity contribution < 1.29 is 4.79 Å². The third kappa shape index (κ3) is 4.06. The van der Waals surface area contributed by atoms with Crippen molar-refractivity contribution in [1.82, 2.24) is 9.97 Å². The maximum atomic E-state index is 12.5. The fourth-order valence-electron chi connectivity index (χ4n) is 3.71. The molecule has 0 spiro atoms. The minimum absolute atomic E-state index is 0.0536.